The van der Waals surface area contributed by atoms with E-state index in [9.17, 15) is 4.21 Å². The first-order chi connectivity index (χ1) is 12.0. The van der Waals surface area contributed by atoms with Gasteiger partial charge >= 0.3 is 0 Å². The molecule has 0 aliphatic carbocycles. The third-order valence-corrected chi connectivity index (χ3v) is 5.57. The van der Waals surface area contributed by atoms with Crippen LogP contribution < -0.4 is 14.2 Å². The van der Waals surface area contributed by atoms with Crippen LogP contribution in [-0.4, -0.2) is 43.0 Å². The second kappa shape index (κ2) is 7.45. The molecular weight excluding hydrogens is 336 g/mol. The van der Waals surface area contributed by atoms with Gasteiger partial charge in [-0.1, -0.05) is 17.7 Å². The number of rotatable bonds is 5. The molecule has 0 saturated carbocycles. The first-order valence-electron chi connectivity index (χ1n) is 8.23. The van der Waals surface area contributed by atoms with Gasteiger partial charge in [0, 0.05) is 11.6 Å². The van der Waals surface area contributed by atoms with E-state index < -0.39 is 11.0 Å². The third-order valence-electron chi connectivity index (χ3n) is 4.47. The highest BCUT2D eigenvalue weighted by Gasteiger charge is 2.27. The van der Waals surface area contributed by atoms with E-state index in [1.807, 2.05) is 57.4 Å². The minimum Gasteiger partial charge on any atom is -0.496 e. The van der Waals surface area contributed by atoms with Gasteiger partial charge in [-0.25, -0.2) is 4.21 Å². The van der Waals surface area contributed by atoms with Gasteiger partial charge in [0.25, 0.3) is 0 Å². The fraction of sp³-hybridized carbons (Fsp3) is 0.368. The van der Waals surface area contributed by atoms with Gasteiger partial charge in [-0.15, -0.1) is 0 Å². The van der Waals surface area contributed by atoms with Crippen LogP contribution in [0.15, 0.2) is 41.3 Å². The summed E-state index contributed by atoms with van der Waals surface area (Å²) in [5, 5.41) is 0. The SMILES string of the molecule is COc1ccc(NS(=O)c2ccc(C)cc2)c2c1C[C@@H](N(C)C)CO2. The van der Waals surface area contributed by atoms with Crippen LogP contribution in [0.1, 0.15) is 11.1 Å². The minimum atomic E-state index is -1.35. The van der Waals surface area contributed by atoms with Gasteiger partial charge in [-0.2, -0.15) is 0 Å². The Hall–Kier alpha value is -2.05. The Morgan fingerprint density at radius 3 is 2.56 bits per heavy atom. The highest BCUT2D eigenvalue weighted by atomic mass is 32.2. The van der Waals surface area contributed by atoms with Crippen molar-refractivity contribution in [2.75, 3.05) is 32.5 Å². The van der Waals surface area contributed by atoms with Crippen molar-refractivity contribution in [2.24, 2.45) is 0 Å². The summed E-state index contributed by atoms with van der Waals surface area (Å²) in [5.41, 5.74) is 2.88. The molecule has 1 aliphatic rings. The molecule has 2 aromatic carbocycles. The Morgan fingerprint density at radius 2 is 1.92 bits per heavy atom. The molecule has 2 aromatic rings. The average Bonchev–Trinajstić information content (AvgIpc) is 2.62. The van der Waals surface area contributed by atoms with Crippen LogP contribution in [0.25, 0.3) is 0 Å². The maximum Gasteiger partial charge on any atom is 0.150 e. The van der Waals surface area contributed by atoms with E-state index in [-0.39, 0.29) is 0 Å². The van der Waals surface area contributed by atoms with Crippen molar-refractivity contribution in [2.45, 2.75) is 24.3 Å². The summed E-state index contributed by atoms with van der Waals surface area (Å²) >= 11 is 0. The molecule has 2 atom stereocenters. The van der Waals surface area contributed by atoms with Gasteiger partial charge in [-0.3, -0.25) is 4.72 Å². The van der Waals surface area contributed by atoms with Crippen molar-refractivity contribution in [3.05, 3.63) is 47.5 Å². The second-order valence-electron chi connectivity index (χ2n) is 6.44. The van der Waals surface area contributed by atoms with Crippen LogP contribution >= 0.6 is 0 Å². The van der Waals surface area contributed by atoms with E-state index >= 15 is 0 Å². The number of likely N-dealkylation sites (N-methyl/N-ethyl adjacent to an activating group) is 1. The van der Waals surface area contributed by atoms with Gasteiger partial charge in [0.2, 0.25) is 0 Å². The minimum absolute atomic E-state index is 0.291. The van der Waals surface area contributed by atoms with Gasteiger partial charge in [0.05, 0.1) is 17.7 Å². The van der Waals surface area contributed by atoms with E-state index in [1.165, 1.54) is 0 Å². The third kappa shape index (κ3) is 3.80. The largest absolute Gasteiger partial charge is 0.496 e. The molecule has 0 saturated heterocycles. The number of anilines is 1. The number of nitrogens with zero attached hydrogens (tertiary/aromatic N) is 1. The summed E-state index contributed by atoms with van der Waals surface area (Å²) < 4.78 is 27.2. The molecular formula is C19H24N2O3S. The molecule has 0 spiro atoms. The summed E-state index contributed by atoms with van der Waals surface area (Å²) in [6.45, 7) is 2.61. The highest BCUT2D eigenvalue weighted by molar-refractivity contribution is 7.86. The van der Waals surface area contributed by atoms with Crippen molar-refractivity contribution in [3.63, 3.8) is 0 Å². The lowest BCUT2D eigenvalue weighted by Gasteiger charge is -2.32. The summed E-state index contributed by atoms with van der Waals surface area (Å²) in [6.07, 6.45) is 0.832. The number of fused-ring (bicyclic) bond motifs is 1. The van der Waals surface area contributed by atoms with Crippen LogP contribution in [0.4, 0.5) is 5.69 Å². The molecule has 5 nitrogen and oxygen atoms in total. The molecule has 0 amide bonds. The molecule has 0 aromatic heterocycles. The number of hydrogen-bond acceptors (Lipinski definition) is 4. The first kappa shape index (κ1) is 17.8. The van der Waals surface area contributed by atoms with Gasteiger partial charge < -0.3 is 14.4 Å². The zero-order chi connectivity index (χ0) is 18.0. The van der Waals surface area contributed by atoms with E-state index in [2.05, 4.69) is 9.62 Å². The number of aryl methyl sites for hydroxylation is 1. The number of benzene rings is 2. The molecule has 0 radical (unpaired) electrons. The van der Waals surface area contributed by atoms with Crippen LogP contribution in [0.3, 0.4) is 0 Å². The topological polar surface area (TPSA) is 50.8 Å². The molecule has 25 heavy (non-hydrogen) atoms. The summed E-state index contributed by atoms with van der Waals surface area (Å²) in [7, 11) is 4.39. The van der Waals surface area contributed by atoms with E-state index in [0.717, 1.165) is 39.6 Å². The zero-order valence-electron chi connectivity index (χ0n) is 15.0. The smallest absolute Gasteiger partial charge is 0.150 e. The Kier molecular flexibility index (Phi) is 5.30. The molecule has 1 heterocycles. The fourth-order valence-corrected chi connectivity index (χ4v) is 3.73. The number of ether oxygens (including phenoxy) is 2. The van der Waals surface area contributed by atoms with Gasteiger partial charge in [0.15, 0.2) is 0 Å². The molecule has 6 heteroatoms. The predicted molar refractivity (Wildman–Crippen MR) is 101 cm³/mol. The number of methoxy groups -OCH3 is 1. The van der Waals surface area contributed by atoms with Gasteiger partial charge in [0.1, 0.15) is 29.1 Å². The molecule has 1 N–H and O–H groups in total. The lowest BCUT2D eigenvalue weighted by molar-refractivity contribution is 0.164. The van der Waals surface area contributed by atoms with Crippen molar-refractivity contribution >= 4 is 16.7 Å². The number of hydrogen-bond donors (Lipinski definition) is 1. The van der Waals surface area contributed by atoms with Crippen molar-refractivity contribution in [1.82, 2.24) is 4.90 Å². The fourth-order valence-electron chi connectivity index (χ4n) is 2.87. The lowest BCUT2D eigenvalue weighted by atomic mass is 10.00. The summed E-state index contributed by atoms with van der Waals surface area (Å²) in [4.78, 5) is 2.88. The Morgan fingerprint density at radius 1 is 1.20 bits per heavy atom. The van der Waals surface area contributed by atoms with Crippen molar-refractivity contribution in [3.8, 4) is 11.5 Å². The lowest BCUT2D eigenvalue weighted by Crippen LogP contribution is -2.38. The maximum absolute atomic E-state index is 12.6. The molecule has 0 fully saturated rings. The summed E-state index contributed by atoms with van der Waals surface area (Å²) in [6, 6.07) is 11.7. The van der Waals surface area contributed by atoms with Gasteiger partial charge in [-0.05, 0) is 51.7 Å². The molecule has 3 rings (SSSR count). The average molecular weight is 360 g/mol. The normalized spacial score (nSPS) is 17.6. The second-order valence-corrected chi connectivity index (χ2v) is 7.65. The van der Waals surface area contributed by atoms with E-state index in [0.29, 0.717) is 12.6 Å². The zero-order valence-corrected chi connectivity index (χ0v) is 15.9. The molecule has 1 unspecified atom stereocenters. The summed E-state index contributed by atoms with van der Waals surface area (Å²) in [5.74, 6) is 1.53. The predicted octanol–water partition coefficient (Wildman–Crippen LogP) is 3.00. The molecule has 1 aliphatic heterocycles. The Bertz CT molecular complexity index is 775. The Labute approximate surface area is 151 Å². The molecule has 134 valence electrons. The number of nitrogens with one attached hydrogen (secondary N) is 1. The standard InChI is InChI=1S/C19H24N2O3S/c1-13-5-7-15(8-6-13)25(22)20-17-9-10-18(23-4)16-11-14(21(2)3)12-24-19(16)17/h5-10,14,20H,11-12H2,1-4H3/t14-,25?/m1/s1. The Balaban J connectivity index is 1.89. The van der Waals surface area contributed by atoms with E-state index in [1.54, 1.807) is 7.11 Å². The van der Waals surface area contributed by atoms with E-state index in [4.69, 9.17) is 9.47 Å². The van der Waals surface area contributed by atoms with Crippen molar-refractivity contribution < 1.29 is 13.7 Å². The monoisotopic (exact) mass is 360 g/mol. The van der Waals surface area contributed by atoms with Crippen LogP contribution in [0.5, 0.6) is 11.5 Å². The van der Waals surface area contributed by atoms with Crippen LogP contribution in [-0.2, 0) is 17.4 Å². The first-order valence-corrected chi connectivity index (χ1v) is 9.38. The maximum atomic E-state index is 12.6. The quantitative estimate of drug-likeness (QED) is 0.891. The highest BCUT2D eigenvalue weighted by Crippen LogP contribution is 2.40. The van der Waals surface area contributed by atoms with Crippen LogP contribution in [0.2, 0.25) is 0 Å². The van der Waals surface area contributed by atoms with Crippen LogP contribution in [0, 0.1) is 6.92 Å². The van der Waals surface area contributed by atoms with Crippen molar-refractivity contribution in [1.29, 1.82) is 0 Å². The molecule has 0 bridgehead atoms.